The van der Waals surface area contributed by atoms with Crippen molar-refractivity contribution in [3.63, 3.8) is 0 Å². The first-order chi connectivity index (χ1) is 35.2. The van der Waals surface area contributed by atoms with Crippen LogP contribution in [0.2, 0.25) is 0 Å². The van der Waals surface area contributed by atoms with Crippen LogP contribution in [-0.4, -0.2) is 4.57 Å². The van der Waals surface area contributed by atoms with Gasteiger partial charge in [0.25, 0.3) is 0 Å². The van der Waals surface area contributed by atoms with Gasteiger partial charge in [0, 0.05) is 69.7 Å². The summed E-state index contributed by atoms with van der Waals surface area (Å²) < 4.78 is 18.3. The molecular weight excluding hydrogens is 885 g/mol. The molecule has 0 N–H and O–H groups in total. The third-order valence-corrected chi connectivity index (χ3v) is 15.6. The van der Waals surface area contributed by atoms with Crippen molar-refractivity contribution in [2.24, 2.45) is 0 Å². The van der Waals surface area contributed by atoms with Gasteiger partial charge in [0.1, 0.15) is 22.3 Å². The lowest BCUT2D eigenvalue weighted by molar-refractivity contribution is 0.669. The van der Waals surface area contributed by atoms with Gasteiger partial charge in [0.05, 0.1) is 22.1 Å². The molecule has 4 heterocycles. The molecule has 4 aromatic heterocycles. The highest BCUT2D eigenvalue weighted by Crippen LogP contribution is 2.48. The van der Waals surface area contributed by atoms with E-state index in [0.717, 1.165) is 88.9 Å². The van der Waals surface area contributed by atoms with Crippen molar-refractivity contribution in [2.45, 2.75) is 0 Å². The van der Waals surface area contributed by atoms with Crippen molar-refractivity contribution in [3.05, 3.63) is 243 Å². The fourth-order valence-corrected chi connectivity index (χ4v) is 12.5. The maximum absolute atomic E-state index is 7.02. The summed E-state index contributed by atoms with van der Waals surface area (Å²) >= 11 is 1.86. The van der Waals surface area contributed by atoms with Crippen LogP contribution >= 0.6 is 11.3 Å². The van der Waals surface area contributed by atoms with E-state index in [1.807, 2.05) is 23.5 Å². The van der Waals surface area contributed by atoms with Gasteiger partial charge in [-0.2, -0.15) is 0 Å². The molecule has 0 amide bonds. The first-order valence-electron chi connectivity index (χ1n) is 24.1. The van der Waals surface area contributed by atoms with Crippen LogP contribution < -0.4 is 4.90 Å². The molecule has 0 aliphatic carbocycles. The van der Waals surface area contributed by atoms with Gasteiger partial charge in [0.2, 0.25) is 0 Å². The Labute approximate surface area is 412 Å². The number of aromatic nitrogens is 1. The number of thiophene rings is 1. The van der Waals surface area contributed by atoms with E-state index in [0.29, 0.717) is 0 Å². The number of nitrogens with zero attached hydrogens (tertiary/aromatic N) is 2. The first-order valence-corrected chi connectivity index (χ1v) is 24.9. The second-order valence-electron chi connectivity index (χ2n) is 18.3. The van der Waals surface area contributed by atoms with E-state index in [9.17, 15) is 0 Å². The Morgan fingerprint density at radius 1 is 0.352 bits per heavy atom. The normalized spacial score (nSPS) is 11.9. The number of fused-ring (bicyclic) bond motifs is 12. The molecule has 0 saturated heterocycles. The van der Waals surface area contributed by atoms with Gasteiger partial charge in [0.15, 0.2) is 0 Å². The van der Waals surface area contributed by atoms with Gasteiger partial charge in [-0.25, -0.2) is 0 Å². The van der Waals surface area contributed by atoms with Gasteiger partial charge >= 0.3 is 0 Å². The smallest absolute Gasteiger partial charge is 0.145 e. The fourth-order valence-electron chi connectivity index (χ4n) is 11.2. The first kappa shape index (κ1) is 39.8. The Balaban J connectivity index is 0.915. The zero-order chi connectivity index (χ0) is 46.6. The number of rotatable bonds is 7. The molecule has 71 heavy (non-hydrogen) atoms. The SMILES string of the molecule is c1cc(-c2ccc(N(c3ccc(-c4cccc5c4sc4ccccc45)cc3)c3ccc(-c4cccc5oc6ccccc6c45)cc3)c3c2oc2ccccc23)cc(-n2c3ccccc3c3ccccc32)c1. The second-order valence-corrected chi connectivity index (χ2v) is 19.4. The average Bonchev–Trinajstić information content (AvgIpc) is 4.21. The zero-order valence-electron chi connectivity index (χ0n) is 38.2. The van der Waals surface area contributed by atoms with Gasteiger partial charge in [-0.15, -0.1) is 11.3 Å². The molecule has 0 bridgehead atoms. The number of hydrogen-bond donors (Lipinski definition) is 0. The van der Waals surface area contributed by atoms with Crippen molar-refractivity contribution in [3.8, 4) is 39.1 Å². The quantitative estimate of drug-likeness (QED) is 0.160. The highest BCUT2D eigenvalue weighted by atomic mass is 32.1. The van der Waals surface area contributed by atoms with Crippen molar-refractivity contribution in [1.29, 1.82) is 0 Å². The molecule has 15 aromatic rings. The predicted molar refractivity (Wildman–Crippen MR) is 299 cm³/mol. The molecule has 4 nitrogen and oxygen atoms in total. The van der Waals surface area contributed by atoms with Crippen molar-refractivity contribution < 1.29 is 8.83 Å². The molecule has 0 aliphatic heterocycles. The Hall–Kier alpha value is -9.16. The number of para-hydroxylation sites is 4. The highest BCUT2D eigenvalue weighted by Gasteiger charge is 2.24. The molecule has 15 rings (SSSR count). The largest absolute Gasteiger partial charge is 0.456 e. The minimum Gasteiger partial charge on any atom is -0.456 e. The van der Waals surface area contributed by atoms with E-state index in [4.69, 9.17) is 8.83 Å². The topological polar surface area (TPSA) is 34.5 Å². The van der Waals surface area contributed by atoms with E-state index in [2.05, 4.69) is 240 Å². The molecule has 332 valence electrons. The molecular formula is C66H40N2O2S. The van der Waals surface area contributed by atoms with Crippen LogP contribution in [0.3, 0.4) is 0 Å². The lowest BCUT2D eigenvalue weighted by atomic mass is 9.97. The minimum atomic E-state index is 0.844. The maximum atomic E-state index is 7.02. The van der Waals surface area contributed by atoms with E-state index < -0.39 is 0 Å². The Bertz CT molecular complexity index is 4540. The summed E-state index contributed by atoms with van der Waals surface area (Å²) in [5, 5.41) is 9.43. The van der Waals surface area contributed by atoms with E-state index >= 15 is 0 Å². The third-order valence-electron chi connectivity index (χ3n) is 14.4. The van der Waals surface area contributed by atoms with Crippen LogP contribution in [0, 0.1) is 0 Å². The van der Waals surface area contributed by atoms with Crippen LogP contribution in [0.1, 0.15) is 0 Å². The van der Waals surface area contributed by atoms with E-state index in [-0.39, 0.29) is 0 Å². The summed E-state index contributed by atoms with van der Waals surface area (Å²) in [6.07, 6.45) is 0. The lowest BCUT2D eigenvalue weighted by Gasteiger charge is -2.27. The summed E-state index contributed by atoms with van der Waals surface area (Å²) in [5.74, 6) is 0. The van der Waals surface area contributed by atoms with E-state index in [1.54, 1.807) is 0 Å². The lowest BCUT2D eigenvalue weighted by Crippen LogP contribution is -2.10. The number of hydrogen-bond acceptors (Lipinski definition) is 4. The summed E-state index contributed by atoms with van der Waals surface area (Å²) in [6, 6.07) is 87.3. The summed E-state index contributed by atoms with van der Waals surface area (Å²) in [4.78, 5) is 2.39. The molecule has 0 aliphatic rings. The molecule has 0 saturated carbocycles. The van der Waals surface area contributed by atoms with E-state index in [1.165, 1.54) is 53.1 Å². The standard InChI is InChI=1S/C66H40N2O2S/c1-6-24-56-50(16-1)51-17-2-7-25-57(51)68(56)46-15-11-14-43(40-46)48-38-39-58(64-55-20-4-9-27-60(55)70-65(48)64)67(44-34-30-41(31-35-44)47-21-13-28-61-63(47)54-19-3-8-26-59(54)69-61)45-36-32-42(33-37-45)49-22-12-23-53-52-18-5-10-29-62(52)71-66(49)53/h1-40H. The third kappa shape index (κ3) is 6.17. The van der Waals surface area contributed by atoms with Crippen molar-refractivity contribution in [2.75, 3.05) is 4.90 Å². The maximum Gasteiger partial charge on any atom is 0.145 e. The number of furan rings is 2. The van der Waals surface area contributed by atoms with Crippen LogP contribution in [0.4, 0.5) is 17.1 Å². The van der Waals surface area contributed by atoms with Crippen molar-refractivity contribution in [1.82, 2.24) is 4.57 Å². The van der Waals surface area contributed by atoms with Crippen LogP contribution in [0.25, 0.3) is 125 Å². The summed E-state index contributed by atoms with van der Waals surface area (Å²) in [5.41, 5.74) is 16.8. The minimum absolute atomic E-state index is 0.844. The highest BCUT2D eigenvalue weighted by molar-refractivity contribution is 7.26. The van der Waals surface area contributed by atoms with Crippen molar-refractivity contribution >= 4 is 114 Å². The molecule has 0 atom stereocenters. The predicted octanol–water partition coefficient (Wildman–Crippen LogP) is 19.4. The van der Waals surface area contributed by atoms with Gasteiger partial charge in [-0.1, -0.05) is 158 Å². The second kappa shape index (κ2) is 15.7. The molecule has 0 unspecified atom stereocenters. The Morgan fingerprint density at radius 3 is 1.63 bits per heavy atom. The number of benzene rings is 11. The summed E-state index contributed by atoms with van der Waals surface area (Å²) in [6.45, 7) is 0. The molecule has 11 aromatic carbocycles. The van der Waals surface area contributed by atoms with Gasteiger partial charge < -0.3 is 18.3 Å². The van der Waals surface area contributed by atoms with Gasteiger partial charge in [-0.3, -0.25) is 0 Å². The zero-order valence-corrected chi connectivity index (χ0v) is 39.0. The van der Waals surface area contributed by atoms with Crippen LogP contribution in [0.5, 0.6) is 0 Å². The summed E-state index contributed by atoms with van der Waals surface area (Å²) in [7, 11) is 0. The Kier molecular flexibility index (Phi) is 8.79. The van der Waals surface area contributed by atoms with Gasteiger partial charge in [-0.05, 0) is 113 Å². The Morgan fingerprint density at radius 2 is 0.901 bits per heavy atom. The molecule has 0 fully saturated rings. The number of anilines is 3. The molecule has 0 radical (unpaired) electrons. The monoisotopic (exact) mass is 924 g/mol. The molecule has 0 spiro atoms. The average molecular weight is 925 g/mol. The molecule has 5 heteroatoms. The van der Waals surface area contributed by atoms with Crippen LogP contribution in [-0.2, 0) is 0 Å². The fraction of sp³-hybridized carbons (Fsp3) is 0. The van der Waals surface area contributed by atoms with Crippen LogP contribution in [0.15, 0.2) is 251 Å².